The Kier molecular flexibility index (Phi) is 5.38. The van der Waals surface area contributed by atoms with Gasteiger partial charge in [0.05, 0.1) is 11.0 Å². The van der Waals surface area contributed by atoms with Gasteiger partial charge in [0.1, 0.15) is 5.69 Å². The van der Waals surface area contributed by atoms with E-state index in [9.17, 15) is 10.1 Å². The van der Waals surface area contributed by atoms with E-state index in [-0.39, 0.29) is 10.6 Å². The molecule has 2 rings (SSSR count). The minimum absolute atomic E-state index is 0.136. The van der Waals surface area contributed by atoms with Crippen LogP contribution in [0.15, 0.2) is 18.2 Å². The van der Waals surface area contributed by atoms with Crippen LogP contribution in [0.2, 0.25) is 0 Å². The highest BCUT2D eigenvalue weighted by molar-refractivity contribution is 14.1. The fourth-order valence-corrected chi connectivity index (χ4v) is 2.68. The third-order valence-corrected chi connectivity index (χ3v) is 3.88. The first-order valence-electron chi connectivity index (χ1n) is 6.46. The third-order valence-electron chi connectivity index (χ3n) is 3.21. The van der Waals surface area contributed by atoms with Crippen LogP contribution in [0.4, 0.5) is 11.4 Å². The zero-order valence-corrected chi connectivity index (χ0v) is 12.8. The first kappa shape index (κ1) is 14.5. The minimum Gasteiger partial charge on any atom is -0.379 e. The molecule has 1 saturated heterocycles. The summed E-state index contributed by atoms with van der Waals surface area (Å²) in [6, 6.07) is 5.22. The van der Waals surface area contributed by atoms with Gasteiger partial charge in [-0.2, -0.15) is 0 Å². The van der Waals surface area contributed by atoms with E-state index in [4.69, 9.17) is 4.74 Å². The number of hydrogen-bond acceptors (Lipinski definition) is 4. The maximum absolute atomic E-state index is 11.0. The minimum atomic E-state index is -0.346. The fraction of sp³-hybridized carbons (Fsp3) is 0.538. The van der Waals surface area contributed by atoms with E-state index in [1.54, 1.807) is 12.1 Å². The molecular weight excluding hydrogens is 359 g/mol. The van der Waals surface area contributed by atoms with Crippen molar-refractivity contribution in [1.29, 1.82) is 0 Å². The van der Waals surface area contributed by atoms with Crippen LogP contribution >= 0.6 is 22.6 Å². The van der Waals surface area contributed by atoms with Gasteiger partial charge in [-0.25, -0.2) is 0 Å². The number of hydrogen-bond donors (Lipinski definition) is 1. The molecule has 19 heavy (non-hydrogen) atoms. The monoisotopic (exact) mass is 376 g/mol. The van der Waals surface area contributed by atoms with Crippen molar-refractivity contribution in [2.75, 3.05) is 18.5 Å². The van der Waals surface area contributed by atoms with Crippen molar-refractivity contribution in [2.45, 2.75) is 31.8 Å². The Morgan fingerprint density at radius 3 is 3.00 bits per heavy atom. The first-order valence-corrected chi connectivity index (χ1v) is 7.54. The summed E-state index contributed by atoms with van der Waals surface area (Å²) >= 11 is 2.08. The van der Waals surface area contributed by atoms with E-state index < -0.39 is 0 Å². The van der Waals surface area contributed by atoms with E-state index in [1.807, 2.05) is 6.07 Å². The molecule has 6 heteroatoms. The summed E-state index contributed by atoms with van der Waals surface area (Å²) in [6.45, 7) is 1.54. The molecule has 5 nitrogen and oxygen atoms in total. The number of halogens is 1. The van der Waals surface area contributed by atoms with Crippen LogP contribution in [0.25, 0.3) is 0 Å². The lowest BCUT2D eigenvalue weighted by molar-refractivity contribution is -0.384. The summed E-state index contributed by atoms with van der Waals surface area (Å²) < 4.78 is 6.50. The lowest BCUT2D eigenvalue weighted by Gasteiger charge is -2.22. The fourth-order valence-electron chi connectivity index (χ4n) is 2.21. The second-order valence-electron chi connectivity index (χ2n) is 4.62. The van der Waals surface area contributed by atoms with Gasteiger partial charge in [-0.05, 0) is 60.4 Å². The highest BCUT2D eigenvalue weighted by Gasteiger charge is 2.16. The van der Waals surface area contributed by atoms with Crippen LogP contribution in [0.5, 0.6) is 0 Å². The molecule has 1 N–H and O–H groups in total. The summed E-state index contributed by atoms with van der Waals surface area (Å²) in [7, 11) is 0. The molecule has 0 bridgehead atoms. The molecule has 1 fully saturated rings. The van der Waals surface area contributed by atoms with Gasteiger partial charge in [0.2, 0.25) is 0 Å². The maximum Gasteiger partial charge on any atom is 0.293 e. The predicted molar refractivity (Wildman–Crippen MR) is 82.5 cm³/mol. The average molecular weight is 376 g/mol. The van der Waals surface area contributed by atoms with Gasteiger partial charge in [-0.3, -0.25) is 10.1 Å². The number of anilines is 1. The van der Waals surface area contributed by atoms with E-state index >= 15 is 0 Å². The standard InChI is InChI=1S/C13H17IN2O3/c14-10-4-5-12(13(9-10)16(17)18)15-7-6-11-3-1-2-8-19-11/h4-5,9,11,15H,1-3,6-8H2. The molecule has 0 amide bonds. The molecule has 0 radical (unpaired) electrons. The molecule has 1 aliphatic rings. The van der Waals surface area contributed by atoms with Crippen molar-refractivity contribution in [3.05, 3.63) is 31.9 Å². The molecule has 104 valence electrons. The van der Waals surface area contributed by atoms with Crippen molar-refractivity contribution in [3.63, 3.8) is 0 Å². The normalized spacial score (nSPS) is 19.1. The SMILES string of the molecule is O=[N+]([O-])c1cc(I)ccc1NCCC1CCCCO1. The second kappa shape index (κ2) is 7.04. The van der Waals surface area contributed by atoms with Gasteiger partial charge in [0.15, 0.2) is 0 Å². The molecule has 1 aromatic rings. The van der Waals surface area contributed by atoms with E-state index in [0.29, 0.717) is 18.3 Å². The quantitative estimate of drug-likeness (QED) is 0.485. The molecular formula is C13H17IN2O3. The van der Waals surface area contributed by atoms with Crippen LogP contribution in [0, 0.1) is 13.7 Å². The van der Waals surface area contributed by atoms with Crippen molar-refractivity contribution in [3.8, 4) is 0 Å². The summed E-state index contributed by atoms with van der Waals surface area (Å²) in [6.07, 6.45) is 4.64. The van der Waals surface area contributed by atoms with Gasteiger partial charge in [-0.15, -0.1) is 0 Å². The molecule has 1 unspecified atom stereocenters. The van der Waals surface area contributed by atoms with E-state index in [0.717, 1.165) is 29.4 Å². The zero-order chi connectivity index (χ0) is 13.7. The lowest BCUT2D eigenvalue weighted by atomic mass is 10.1. The molecule has 1 heterocycles. The van der Waals surface area contributed by atoms with E-state index in [2.05, 4.69) is 27.9 Å². The zero-order valence-electron chi connectivity index (χ0n) is 10.6. The topological polar surface area (TPSA) is 64.4 Å². The van der Waals surface area contributed by atoms with Crippen LogP contribution < -0.4 is 5.32 Å². The molecule has 1 atom stereocenters. The van der Waals surface area contributed by atoms with Crippen LogP contribution in [-0.2, 0) is 4.74 Å². The lowest BCUT2D eigenvalue weighted by Crippen LogP contribution is -2.22. The van der Waals surface area contributed by atoms with Crippen LogP contribution in [0.3, 0.4) is 0 Å². The summed E-state index contributed by atoms with van der Waals surface area (Å²) in [5.41, 5.74) is 0.720. The van der Waals surface area contributed by atoms with Crippen LogP contribution in [-0.4, -0.2) is 24.2 Å². The van der Waals surface area contributed by atoms with Gasteiger partial charge >= 0.3 is 0 Å². The largest absolute Gasteiger partial charge is 0.379 e. The Hall–Kier alpha value is -0.890. The van der Waals surface area contributed by atoms with Crippen molar-refractivity contribution < 1.29 is 9.66 Å². The Morgan fingerprint density at radius 2 is 2.32 bits per heavy atom. The molecule has 0 saturated carbocycles. The highest BCUT2D eigenvalue weighted by atomic mass is 127. The molecule has 0 aliphatic carbocycles. The molecule has 0 spiro atoms. The number of nitro benzene ring substituents is 1. The third kappa shape index (κ3) is 4.31. The van der Waals surface area contributed by atoms with Crippen molar-refractivity contribution in [1.82, 2.24) is 0 Å². The Bertz CT molecular complexity index is 448. The Morgan fingerprint density at radius 1 is 1.47 bits per heavy atom. The highest BCUT2D eigenvalue weighted by Crippen LogP contribution is 2.26. The summed E-state index contributed by atoms with van der Waals surface area (Å²) in [5, 5.41) is 14.1. The van der Waals surface area contributed by atoms with Gasteiger partial charge in [0, 0.05) is 22.8 Å². The summed E-state index contributed by atoms with van der Waals surface area (Å²) in [4.78, 5) is 10.6. The summed E-state index contributed by atoms with van der Waals surface area (Å²) in [5.74, 6) is 0. The number of ether oxygens (including phenoxy) is 1. The van der Waals surface area contributed by atoms with Crippen molar-refractivity contribution in [2.24, 2.45) is 0 Å². The number of benzene rings is 1. The first-order chi connectivity index (χ1) is 9.16. The van der Waals surface area contributed by atoms with Gasteiger partial charge in [-0.1, -0.05) is 0 Å². The second-order valence-corrected chi connectivity index (χ2v) is 5.87. The molecule has 0 aromatic heterocycles. The smallest absolute Gasteiger partial charge is 0.293 e. The maximum atomic E-state index is 11.0. The molecule has 1 aromatic carbocycles. The van der Waals surface area contributed by atoms with Crippen molar-refractivity contribution >= 4 is 34.0 Å². The number of nitro groups is 1. The molecule has 1 aliphatic heterocycles. The number of nitrogens with one attached hydrogen (secondary N) is 1. The van der Waals surface area contributed by atoms with Crippen LogP contribution in [0.1, 0.15) is 25.7 Å². The Labute approximate surface area is 126 Å². The number of nitrogens with zero attached hydrogens (tertiary/aromatic N) is 1. The van der Waals surface area contributed by atoms with Gasteiger partial charge in [0.25, 0.3) is 5.69 Å². The predicted octanol–water partition coefficient (Wildman–Crippen LogP) is 3.57. The average Bonchev–Trinajstić information content (AvgIpc) is 2.41. The van der Waals surface area contributed by atoms with E-state index in [1.165, 1.54) is 6.42 Å². The Balaban J connectivity index is 1.89. The van der Waals surface area contributed by atoms with Gasteiger partial charge < -0.3 is 10.1 Å². The number of rotatable bonds is 5.